The molecule has 130 valence electrons. The Kier molecular flexibility index (Phi) is 5.04. The molecule has 25 heavy (non-hydrogen) atoms. The Balaban J connectivity index is 1.49. The predicted octanol–water partition coefficient (Wildman–Crippen LogP) is 2.62. The van der Waals surface area contributed by atoms with Crippen LogP contribution < -0.4 is 5.32 Å². The van der Waals surface area contributed by atoms with Gasteiger partial charge in [-0.05, 0) is 42.3 Å². The van der Waals surface area contributed by atoms with E-state index in [4.69, 9.17) is 0 Å². The minimum absolute atomic E-state index is 0.205. The molecule has 3 N–H and O–H groups in total. The van der Waals surface area contributed by atoms with Crippen LogP contribution in [0.5, 0.6) is 0 Å². The molecule has 7 heteroatoms. The Morgan fingerprint density at radius 3 is 2.80 bits per heavy atom. The third-order valence-electron chi connectivity index (χ3n) is 3.80. The summed E-state index contributed by atoms with van der Waals surface area (Å²) in [5.74, 6) is -0.732. The van der Waals surface area contributed by atoms with E-state index in [9.17, 15) is 18.7 Å². The number of rotatable bonds is 6. The van der Waals surface area contributed by atoms with Gasteiger partial charge in [-0.3, -0.25) is 4.79 Å². The second-order valence-corrected chi connectivity index (χ2v) is 5.70. The molecule has 1 amide bonds. The number of aliphatic hydroxyl groups excluding tert-OH is 1. The summed E-state index contributed by atoms with van der Waals surface area (Å²) in [6.45, 7) is 0.330. The van der Waals surface area contributed by atoms with Gasteiger partial charge in [0.2, 0.25) is 0 Å². The maximum atomic E-state index is 13.1. The number of aromatic nitrogens is 2. The molecular formula is C18H17F2N3O2. The van der Waals surface area contributed by atoms with Crippen molar-refractivity contribution in [3.8, 4) is 0 Å². The molecule has 1 heterocycles. The number of carbonyl (C=O) groups is 1. The van der Waals surface area contributed by atoms with Gasteiger partial charge in [0.05, 0.1) is 11.0 Å². The molecule has 0 radical (unpaired) electrons. The van der Waals surface area contributed by atoms with E-state index in [1.165, 1.54) is 30.3 Å². The predicted molar refractivity (Wildman–Crippen MR) is 88.7 cm³/mol. The summed E-state index contributed by atoms with van der Waals surface area (Å²) < 4.78 is 26.3. The summed E-state index contributed by atoms with van der Waals surface area (Å²) >= 11 is 0. The van der Waals surface area contributed by atoms with Crippen LogP contribution in [0.3, 0.4) is 0 Å². The molecule has 0 aliphatic heterocycles. The number of fused-ring (bicyclic) bond motifs is 1. The average molecular weight is 345 g/mol. The second kappa shape index (κ2) is 7.40. The van der Waals surface area contributed by atoms with Crippen molar-refractivity contribution in [3.63, 3.8) is 0 Å². The van der Waals surface area contributed by atoms with Crippen LogP contribution in [0.1, 0.15) is 23.9 Å². The molecule has 2 aromatic carbocycles. The van der Waals surface area contributed by atoms with Gasteiger partial charge in [0.1, 0.15) is 17.5 Å². The number of amides is 1. The summed E-state index contributed by atoms with van der Waals surface area (Å²) in [5, 5.41) is 12.5. The Morgan fingerprint density at radius 2 is 2.00 bits per heavy atom. The molecule has 1 atom stereocenters. The fourth-order valence-corrected chi connectivity index (χ4v) is 2.55. The number of imidazole rings is 1. The SMILES string of the molecule is O=C(NCCCc1nc2ccc(F)cc2[nH]1)[C@H](O)c1cccc(F)c1. The van der Waals surface area contributed by atoms with E-state index < -0.39 is 17.8 Å². The highest BCUT2D eigenvalue weighted by Gasteiger charge is 2.17. The smallest absolute Gasteiger partial charge is 0.253 e. The summed E-state index contributed by atoms with van der Waals surface area (Å²) in [7, 11) is 0. The highest BCUT2D eigenvalue weighted by atomic mass is 19.1. The van der Waals surface area contributed by atoms with Gasteiger partial charge >= 0.3 is 0 Å². The van der Waals surface area contributed by atoms with Crippen LogP contribution in [-0.4, -0.2) is 27.5 Å². The lowest BCUT2D eigenvalue weighted by Crippen LogP contribution is -2.30. The number of H-pyrrole nitrogens is 1. The van der Waals surface area contributed by atoms with Gasteiger partial charge in [-0.1, -0.05) is 12.1 Å². The molecule has 0 aliphatic rings. The zero-order valence-corrected chi connectivity index (χ0v) is 13.3. The van der Waals surface area contributed by atoms with E-state index in [-0.39, 0.29) is 11.4 Å². The zero-order valence-electron chi connectivity index (χ0n) is 13.3. The topological polar surface area (TPSA) is 78.0 Å². The molecule has 0 unspecified atom stereocenters. The first-order chi connectivity index (χ1) is 12.0. The molecule has 0 saturated heterocycles. The Bertz CT molecular complexity index is 895. The van der Waals surface area contributed by atoms with Gasteiger partial charge < -0.3 is 15.4 Å². The second-order valence-electron chi connectivity index (χ2n) is 5.70. The van der Waals surface area contributed by atoms with Gasteiger partial charge in [-0.25, -0.2) is 13.8 Å². The molecule has 0 fully saturated rings. The number of carbonyl (C=O) groups excluding carboxylic acids is 1. The van der Waals surface area contributed by atoms with Crippen molar-refractivity contribution >= 4 is 16.9 Å². The number of aromatic amines is 1. The third kappa shape index (κ3) is 4.19. The van der Waals surface area contributed by atoms with Crippen LogP contribution in [0, 0.1) is 11.6 Å². The van der Waals surface area contributed by atoms with Gasteiger partial charge in [-0.15, -0.1) is 0 Å². The number of nitrogens with zero attached hydrogens (tertiary/aromatic N) is 1. The molecular weight excluding hydrogens is 328 g/mol. The Morgan fingerprint density at radius 1 is 1.20 bits per heavy atom. The van der Waals surface area contributed by atoms with E-state index in [0.29, 0.717) is 36.2 Å². The zero-order chi connectivity index (χ0) is 17.8. The number of hydrogen-bond acceptors (Lipinski definition) is 3. The first-order valence-electron chi connectivity index (χ1n) is 7.88. The molecule has 1 aromatic heterocycles. The van der Waals surface area contributed by atoms with Crippen LogP contribution in [0.15, 0.2) is 42.5 Å². The summed E-state index contributed by atoms with van der Waals surface area (Å²) in [6.07, 6.45) is -0.263. The molecule has 5 nitrogen and oxygen atoms in total. The molecule has 0 aliphatic carbocycles. The number of aryl methyl sites for hydroxylation is 1. The normalized spacial score (nSPS) is 12.3. The van der Waals surface area contributed by atoms with Crippen molar-refractivity contribution in [1.29, 1.82) is 0 Å². The standard InChI is InChI=1S/C18H17F2N3O2/c19-12-4-1-3-11(9-12)17(24)18(25)21-8-2-5-16-22-14-7-6-13(20)10-15(14)23-16/h1,3-4,6-7,9-10,17,24H,2,5,8H2,(H,21,25)(H,22,23)/t17-/m1/s1. The van der Waals surface area contributed by atoms with Crippen molar-refractivity contribution in [3.05, 3.63) is 65.5 Å². The van der Waals surface area contributed by atoms with Crippen LogP contribution >= 0.6 is 0 Å². The van der Waals surface area contributed by atoms with E-state index in [2.05, 4.69) is 15.3 Å². The molecule has 0 bridgehead atoms. The van der Waals surface area contributed by atoms with Gasteiger partial charge in [0.25, 0.3) is 5.91 Å². The largest absolute Gasteiger partial charge is 0.378 e. The van der Waals surface area contributed by atoms with E-state index >= 15 is 0 Å². The lowest BCUT2D eigenvalue weighted by molar-refractivity contribution is -0.129. The fourth-order valence-electron chi connectivity index (χ4n) is 2.55. The molecule has 0 spiro atoms. The van der Waals surface area contributed by atoms with Crippen molar-refractivity contribution in [2.45, 2.75) is 18.9 Å². The lowest BCUT2D eigenvalue weighted by atomic mass is 10.1. The van der Waals surface area contributed by atoms with Crippen LogP contribution in [0.25, 0.3) is 11.0 Å². The number of halogens is 2. The van der Waals surface area contributed by atoms with Crippen LogP contribution in [0.4, 0.5) is 8.78 Å². The fraction of sp³-hybridized carbons (Fsp3) is 0.222. The first-order valence-corrected chi connectivity index (χ1v) is 7.88. The summed E-state index contributed by atoms with van der Waals surface area (Å²) in [5.41, 5.74) is 1.51. The molecule has 0 saturated carbocycles. The van der Waals surface area contributed by atoms with Crippen LogP contribution in [0.2, 0.25) is 0 Å². The first kappa shape index (κ1) is 17.0. The van der Waals surface area contributed by atoms with Gasteiger partial charge in [-0.2, -0.15) is 0 Å². The quantitative estimate of drug-likeness (QED) is 0.601. The Labute approximate surface area is 142 Å². The Hall–Kier alpha value is -2.80. The van der Waals surface area contributed by atoms with Crippen molar-refractivity contribution in [2.24, 2.45) is 0 Å². The van der Waals surface area contributed by atoms with Crippen LogP contribution in [-0.2, 0) is 11.2 Å². The molecule has 3 aromatic rings. The number of aliphatic hydroxyl groups is 1. The minimum Gasteiger partial charge on any atom is -0.378 e. The van der Waals surface area contributed by atoms with Crippen molar-refractivity contribution in [1.82, 2.24) is 15.3 Å². The van der Waals surface area contributed by atoms with Gasteiger partial charge in [0.15, 0.2) is 6.10 Å². The number of hydrogen-bond donors (Lipinski definition) is 3. The lowest BCUT2D eigenvalue weighted by Gasteiger charge is -2.11. The van der Waals surface area contributed by atoms with Gasteiger partial charge in [0, 0.05) is 13.0 Å². The summed E-state index contributed by atoms with van der Waals surface area (Å²) in [4.78, 5) is 19.3. The highest BCUT2D eigenvalue weighted by Crippen LogP contribution is 2.15. The minimum atomic E-state index is -1.41. The van der Waals surface area contributed by atoms with Crippen molar-refractivity contribution < 1.29 is 18.7 Å². The van der Waals surface area contributed by atoms with E-state index in [0.717, 1.165) is 6.07 Å². The monoisotopic (exact) mass is 345 g/mol. The molecule has 3 rings (SSSR count). The highest BCUT2D eigenvalue weighted by molar-refractivity contribution is 5.81. The van der Waals surface area contributed by atoms with Crippen molar-refractivity contribution in [2.75, 3.05) is 6.54 Å². The maximum Gasteiger partial charge on any atom is 0.253 e. The van der Waals surface area contributed by atoms with E-state index in [1.807, 2.05) is 0 Å². The third-order valence-corrected chi connectivity index (χ3v) is 3.80. The van der Waals surface area contributed by atoms with E-state index in [1.54, 1.807) is 6.07 Å². The summed E-state index contributed by atoms with van der Waals surface area (Å²) in [6, 6.07) is 9.61. The average Bonchev–Trinajstić information content (AvgIpc) is 2.99. The number of benzene rings is 2. The number of nitrogens with one attached hydrogen (secondary N) is 2. The maximum absolute atomic E-state index is 13.1.